The Bertz CT molecular complexity index is 200. The number of hydrogen-bond acceptors (Lipinski definition) is 3. The van der Waals surface area contributed by atoms with Gasteiger partial charge >= 0.3 is 0 Å². The SMILES string of the molecule is CC(=O)N1CCC(CN(C)CCN)CC1. The molecule has 0 unspecified atom stereocenters. The minimum absolute atomic E-state index is 0.212. The van der Waals surface area contributed by atoms with Crippen molar-refractivity contribution in [2.24, 2.45) is 11.7 Å². The van der Waals surface area contributed by atoms with Crippen LogP contribution in [0.4, 0.5) is 0 Å². The van der Waals surface area contributed by atoms with E-state index in [0.717, 1.165) is 51.5 Å². The second-order valence-electron chi connectivity index (χ2n) is 4.50. The van der Waals surface area contributed by atoms with Crippen molar-refractivity contribution in [3.63, 3.8) is 0 Å². The molecule has 0 aliphatic carbocycles. The van der Waals surface area contributed by atoms with Crippen LogP contribution in [0.2, 0.25) is 0 Å². The normalized spacial score (nSPS) is 18.5. The van der Waals surface area contributed by atoms with Crippen LogP contribution in [-0.4, -0.2) is 55.5 Å². The summed E-state index contributed by atoms with van der Waals surface area (Å²) in [6, 6.07) is 0. The zero-order valence-electron chi connectivity index (χ0n) is 9.91. The molecule has 2 N–H and O–H groups in total. The predicted molar refractivity (Wildman–Crippen MR) is 61.5 cm³/mol. The van der Waals surface area contributed by atoms with Gasteiger partial charge in [-0.3, -0.25) is 4.79 Å². The third kappa shape index (κ3) is 4.18. The Kier molecular flexibility index (Phi) is 5.05. The minimum Gasteiger partial charge on any atom is -0.343 e. The van der Waals surface area contributed by atoms with E-state index in [0.29, 0.717) is 0 Å². The zero-order chi connectivity index (χ0) is 11.3. The second-order valence-corrected chi connectivity index (χ2v) is 4.50. The number of piperidine rings is 1. The highest BCUT2D eigenvalue weighted by atomic mass is 16.2. The van der Waals surface area contributed by atoms with E-state index in [9.17, 15) is 4.79 Å². The molecule has 4 nitrogen and oxygen atoms in total. The third-order valence-corrected chi connectivity index (χ3v) is 3.14. The standard InChI is InChI=1S/C11H23N3O/c1-10(15)14-6-3-11(4-7-14)9-13(2)8-5-12/h11H,3-9,12H2,1-2H3. The maximum atomic E-state index is 11.1. The number of amides is 1. The van der Waals surface area contributed by atoms with Crippen molar-refractivity contribution in [3.8, 4) is 0 Å². The fourth-order valence-electron chi connectivity index (χ4n) is 2.18. The van der Waals surface area contributed by atoms with Crippen LogP contribution >= 0.6 is 0 Å². The Balaban J connectivity index is 2.22. The molecule has 0 radical (unpaired) electrons. The van der Waals surface area contributed by atoms with Crippen LogP contribution in [0.1, 0.15) is 19.8 Å². The fourth-order valence-corrected chi connectivity index (χ4v) is 2.18. The van der Waals surface area contributed by atoms with Gasteiger partial charge in [-0.1, -0.05) is 0 Å². The first-order valence-corrected chi connectivity index (χ1v) is 5.77. The van der Waals surface area contributed by atoms with Crippen LogP contribution in [-0.2, 0) is 4.79 Å². The summed E-state index contributed by atoms with van der Waals surface area (Å²) >= 11 is 0. The highest BCUT2D eigenvalue weighted by Gasteiger charge is 2.21. The predicted octanol–water partition coefficient (Wildman–Crippen LogP) is 0.135. The summed E-state index contributed by atoms with van der Waals surface area (Å²) in [5.74, 6) is 0.945. The van der Waals surface area contributed by atoms with Gasteiger partial charge in [-0.15, -0.1) is 0 Å². The molecule has 1 amide bonds. The van der Waals surface area contributed by atoms with Crippen molar-refractivity contribution in [2.75, 3.05) is 39.8 Å². The molecule has 0 aromatic rings. The summed E-state index contributed by atoms with van der Waals surface area (Å²) < 4.78 is 0. The summed E-state index contributed by atoms with van der Waals surface area (Å²) in [7, 11) is 2.12. The van der Waals surface area contributed by atoms with E-state index in [1.54, 1.807) is 6.92 Å². The molecule has 0 aromatic heterocycles. The summed E-state index contributed by atoms with van der Waals surface area (Å²) in [5, 5.41) is 0. The summed E-state index contributed by atoms with van der Waals surface area (Å²) in [5.41, 5.74) is 5.50. The molecule has 0 bridgehead atoms. The molecule has 1 heterocycles. The number of likely N-dealkylation sites (N-methyl/N-ethyl adjacent to an activating group) is 1. The Morgan fingerprint density at radius 3 is 2.53 bits per heavy atom. The Morgan fingerprint density at radius 1 is 1.47 bits per heavy atom. The van der Waals surface area contributed by atoms with Crippen LogP contribution in [0.15, 0.2) is 0 Å². The lowest BCUT2D eigenvalue weighted by Gasteiger charge is -2.33. The molecular formula is C11H23N3O. The Morgan fingerprint density at radius 2 is 2.07 bits per heavy atom. The van der Waals surface area contributed by atoms with Crippen LogP contribution < -0.4 is 5.73 Å². The first-order valence-electron chi connectivity index (χ1n) is 5.77. The van der Waals surface area contributed by atoms with E-state index >= 15 is 0 Å². The zero-order valence-corrected chi connectivity index (χ0v) is 9.91. The molecule has 88 valence electrons. The molecule has 1 saturated heterocycles. The monoisotopic (exact) mass is 213 g/mol. The lowest BCUT2D eigenvalue weighted by atomic mass is 9.96. The van der Waals surface area contributed by atoms with Crippen LogP contribution in [0.5, 0.6) is 0 Å². The van der Waals surface area contributed by atoms with E-state index in [-0.39, 0.29) is 5.91 Å². The molecular weight excluding hydrogens is 190 g/mol. The summed E-state index contributed by atoms with van der Waals surface area (Å²) in [6.45, 7) is 6.31. The van der Waals surface area contributed by atoms with Gasteiger partial charge in [0.15, 0.2) is 0 Å². The molecule has 1 aliphatic rings. The van der Waals surface area contributed by atoms with Crippen LogP contribution in [0.3, 0.4) is 0 Å². The molecule has 0 aromatic carbocycles. The Labute approximate surface area is 92.4 Å². The van der Waals surface area contributed by atoms with E-state index in [1.807, 2.05) is 4.90 Å². The highest BCUT2D eigenvalue weighted by molar-refractivity contribution is 5.73. The quantitative estimate of drug-likeness (QED) is 0.722. The van der Waals surface area contributed by atoms with Crippen molar-refractivity contribution in [3.05, 3.63) is 0 Å². The number of nitrogens with two attached hydrogens (primary N) is 1. The van der Waals surface area contributed by atoms with Gasteiger partial charge in [0.25, 0.3) is 0 Å². The van der Waals surface area contributed by atoms with Crippen molar-refractivity contribution >= 4 is 5.91 Å². The summed E-state index contributed by atoms with van der Waals surface area (Å²) in [4.78, 5) is 15.4. The number of nitrogens with zero attached hydrogens (tertiary/aromatic N) is 2. The molecule has 0 atom stereocenters. The number of carbonyl (C=O) groups is 1. The third-order valence-electron chi connectivity index (χ3n) is 3.14. The molecule has 0 saturated carbocycles. The fraction of sp³-hybridized carbons (Fsp3) is 0.909. The Hall–Kier alpha value is -0.610. The second kappa shape index (κ2) is 6.08. The molecule has 1 rings (SSSR count). The van der Waals surface area contributed by atoms with Crippen molar-refractivity contribution in [1.82, 2.24) is 9.80 Å². The van der Waals surface area contributed by atoms with Crippen LogP contribution in [0, 0.1) is 5.92 Å². The number of rotatable bonds is 4. The topological polar surface area (TPSA) is 49.6 Å². The highest BCUT2D eigenvalue weighted by Crippen LogP contribution is 2.17. The summed E-state index contributed by atoms with van der Waals surface area (Å²) in [6.07, 6.45) is 2.27. The maximum Gasteiger partial charge on any atom is 0.219 e. The van der Waals surface area contributed by atoms with Crippen LogP contribution in [0.25, 0.3) is 0 Å². The number of likely N-dealkylation sites (tertiary alicyclic amines) is 1. The van der Waals surface area contributed by atoms with E-state index in [4.69, 9.17) is 5.73 Å². The lowest BCUT2D eigenvalue weighted by molar-refractivity contribution is -0.130. The van der Waals surface area contributed by atoms with Gasteiger partial charge in [-0.25, -0.2) is 0 Å². The van der Waals surface area contributed by atoms with E-state index in [1.165, 1.54) is 0 Å². The van der Waals surface area contributed by atoms with Gasteiger partial charge in [0.05, 0.1) is 0 Å². The molecule has 1 aliphatic heterocycles. The van der Waals surface area contributed by atoms with E-state index < -0.39 is 0 Å². The molecule has 15 heavy (non-hydrogen) atoms. The van der Waals surface area contributed by atoms with Gasteiger partial charge in [0.1, 0.15) is 0 Å². The average molecular weight is 213 g/mol. The molecule has 0 spiro atoms. The lowest BCUT2D eigenvalue weighted by Crippen LogP contribution is -2.40. The van der Waals surface area contributed by atoms with Gasteiger partial charge in [-0.05, 0) is 25.8 Å². The number of carbonyl (C=O) groups excluding carboxylic acids is 1. The van der Waals surface area contributed by atoms with Gasteiger partial charge in [0.2, 0.25) is 5.91 Å². The number of hydrogen-bond donors (Lipinski definition) is 1. The van der Waals surface area contributed by atoms with Crippen molar-refractivity contribution < 1.29 is 4.79 Å². The van der Waals surface area contributed by atoms with Gasteiger partial charge in [0, 0.05) is 39.6 Å². The minimum atomic E-state index is 0.212. The van der Waals surface area contributed by atoms with Gasteiger partial charge in [-0.2, -0.15) is 0 Å². The smallest absolute Gasteiger partial charge is 0.219 e. The first kappa shape index (κ1) is 12.5. The molecule has 1 fully saturated rings. The first-order chi connectivity index (χ1) is 7.13. The van der Waals surface area contributed by atoms with Crippen molar-refractivity contribution in [2.45, 2.75) is 19.8 Å². The maximum absolute atomic E-state index is 11.1. The molecule has 4 heteroatoms. The van der Waals surface area contributed by atoms with E-state index in [2.05, 4.69) is 11.9 Å². The largest absolute Gasteiger partial charge is 0.343 e. The average Bonchev–Trinajstić information content (AvgIpc) is 2.18. The van der Waals surface area contributed by atoms with Crippen molar-refractivity contribution in [1.29, 1.82) is 0 Å². The van der Waals surface area contributed by atoms with Gasteiger partial charge < -0.3 is 15.5 Å².